The highest BCUT2D eigenvalue weighted by molar-refractivity contribution is 9.09. The summed E-state index contributed by atoms with van der Waals surface area (Å²) >= 11 is 3.65. The summed E-state index contributed by atoms with van der Waals surface area (Å²) in [6.07, 6.45) is 3.70. The predicted octanol–water partition coefficient (Wildman–Crippen LogP) is 0.853. The molecule has 2 unspecified atom stereocenters. The van der Waals surface area contributed by atoms with Crippen molar-refractivity contribution in [2.24, 2.45) is 4.99 Å². The van der Waals surface area contributed by atoms with Crippen LogP contribution in [0.4, 0.5) is 0 Å². The van der Waals surface area contributed by atoms with Crippen molar-refractivity contribution in [3.8, 4) is 0 Å². The van der Waals surface area contributed by atoms with Gasteiger partial charge >= 0.3 is 0 Å². The molecule has 2 atom stereocenters. The molecular weight excluding hydrogens is 240 g/mol. The Hall–Kier alpha value is -0.830. The standard InChI is InChI=1S/C11H11BrN2/c12-9-5-11-13-10-4-2-1-3-8(10)6-14(11)7-9/h1-4,6,9,11H,5,7H2. The number of nitrogens with zero attached hydrogens (tertiary/aromatic N) is 2. The lowest BCUT2D eigenvalue weighted by Gasteiger charge is -2.21. The van der Waals surface area contributed by atoms with Gasteiger partial charge in [0, 0.05) is 29.2 Å². The van der Waals surface area contributed by atoms with E-state index < -0.39 is 0 Å². The van der Waals surface area contributed by atoms with E-state index in [0.29, 0.717) is 11.0 Å². The highest BCUT2D eigenvalue weighted by Crippen LogP contribution is 2.24. The van der Waals surface area contributed by atoms with Crippen LogP contribution in [0.25, 0.3) is 6.20 Å². The summed E-state index contributed by atoms with van der Waals surface area (Å²) in [7, 11) is 0. The van der Waals surface area contributed by atoms with Crippen molar-refractivity contribution in [1.82, 2.24) is 4.90 Å². The summed E-state index contributed by atoms with van der Waals surface area (Å²) in [5, 5.41) is 2.38. The van der Waals surface area contributed by atoms with Gasteiger partial charge in [0.2, 0.25) is 0 Å². The van der Waals surface area contributed by atoms with E-state index in [9.17, 15) is 0 Å². The first-order valence-electron chi connectivity index (χ1n) is 4.87. The molecule has 2 nitrogen and oxygen atoms in total. The molecule has 3 heteroatoms. The molecule has 2 heterocycles. The first-order valence-corrected chi connectivity index (χ1v) is 5.79. The minimum absolute atomic E-state index is 0.356. The molecule has 0 radical (unpaired) electrons. The summed E-state index contributed by atoms with van der Waals surface area (Å²) in [5.74, 6) is 0. The molecule has 14 heavy (non-hydrogen) atoms. The van der Waals surface area contributed by atoms with Crippen molar-refractivity contribution in [3.63, 3.8) is 0 Å². The molecule has 1 aromatic carbocycles. The second-order valence-corrected chi connectivity index (χ2v) is 5.12. The average molecular weight is 251 g/mol. The van der Waals surface area contributed by atoms with Gasteiger partial charge < -0.3 is 4.90 Å². The summed E-state index contributed by atoms with van der Waals surface area (Å²) in [6.45, 7) is 1.07. The molecule has 0 saturated carbocycles. The van der Waals surface area contributed by atoms with Gasteiger partial charge in [-0.05, 0) is 6.07 Å². The summed E-state index contributed by atoms with van der Waals surface area (Å²) < 4.78 is 0. The van der Waals surface area contributed by atoms with Gasteiger partial charge in [0.15, 0.2) is 0 Å². The van der Waals surface area contributed by atoms with Crippen molar-refractivity contribution < 1.29 is 0 Å². The smallest absolute Gasteiger partial charge is 0.122 e. The molecule has 3 rings (SSSR count). The van der Waals surface area contributed by atoms with Gasteiger partial charge in [-0.1, -0.05) is 34.1 Å². The third-order valence-electron chi connectivity index (χ3n) is 2.79. The van der Waals surface area contributed by atoms with E-state index >= 15 is 0 Å². The number of rotatable bonds is 0. The van der Waals surface area contributed by atoms with Crippen LogP contribution in [-0.2, 0) is 0 Å². The maximum atomic E-state index is 4.72. The Balaban J connectivity index is 2.15. The second kappa shape index (κ2) is 3.09. The third kappa shape index (κ3) is 1.27. The first kappa shape index (κ1) is 8.48. The maximum absolute atomic E-state index is 4.72. The lowest BCUT2D eigenvalue weighted by Crippen LogP contribution is -2.38. The van der Waals surface area contributed by atoms with Crippen LogP contribution in [0.1, 0.15) is 6.42 Å². The maximum Gasteiger partial charge on any atom is 0.122 e. The summed E-state index contributed by atoms with van der Waals surface area (Å²) in [6, 6.07) is 8.32. The molecule has 0 aliphatic carbocycles. The van der Waals surface area contributed by atoms with Crippen molar-refractivity contribution in [2.75, 3.05) is 6.54 Å². The van der Waals surface area contributed by atoms with Crippen molar-refractivity contribution in [2.45, 2.75) is 17.4 Å². The van der Waals surface area contributed by atoms with Gasteiger partial charge in [-0.25, -0.2) is 0 Å². The lowest BCUT2D eigenvalue weighted by molar-refractivity contribution is 0.379. The molecule has 0 bridgehead atoms. The fraction of sp³-hybridized carbons (Fsp3) is 0.364. The summed E-state index contributed by atoms with van der Waals surface area (Å²) in [4.78, 5) is 7.63. The largest absolute Gasteiger partial charge is 0.354 e. The van der Waals surface area contributed by atoms with Gasteiger partial charge in [0.1, 0.15) is 6.17 Å². The van der Waals surface area contributed by atoms with Crippen LogP contribution in [0.3, 0.4) is 0 Å². The van der Waals surface area contributed by atoms with E-state index in [0.717, 1.165) is 18.3 Å². The molecule has 0 amide bonds. The number of hydrogen-bond acceptors (Lipinski definition) is 2. The quantitative estimate of drug-likeness (QED) is 0.624. The topological polar surface area (TPSA) is 15.6 Å². The fourth-order valence-electron chi connectivity index (χ4n) is 2.11. The third-order valence-corrected chi connectivity index (χ3v) is 3.45. The van der Waals surface area contributed by atoms with Crippen molar-refractivity contribution in [3.05, 3.63) is 34.8 Å². The monoisotopic (exact) mass is 250 g/mol. The molecule has 2 aliphatic heterocycles. The molecule has 72 valence electrons. The van der Waals surface area contributed by atoms with Crippen molar-refractivity contribution >= 4 is 22.1 Å². The van der Waals surface area contributed by atoms with Crippen LogP contribution in [-0.4, -0.2) is 22.4 Å². The highest BCUT2D eigenvalue weighted by Gasteiger charge is 2.29. The molecule has 1 aromatic rings. The van der Waals surface area contributed by atoms with Gasteiger partial charge in [-0.15, -0.1) is 0 Å². The van der Waals surface area contributed by atoms with Gasteiger partial charge in [0.05, 0.1) is 5.36 Å². The number of alkyl halides is 1. The fourth-order valence-corrected chi connectivity index (χ4v) is 2.78. The van der Waals surface area contributed by atoms with E-state index in [1.807, 2.05) is 6.07 Å². The van der Waals surface area contributed by atoms with Crippen LogP contribution in [0.15, 0.2) is 29.3 Å². The van der Waals surface area contributed by atoms with Crippen LogP contribution >= 0.6 is 15.9 Å². The van der Waals surface area contributed by atoms with E-state index in [1.165, 1.54) is 5.22 Å². The SMILES string of the molecule is BrC1CC2N=c3ccccc3=CN2C1. The number of halogens is 1. The zero-order valence-electron chi connectivity index (χ0n) is 7.73. The first-order chi connectivity index (χ1) is 6.83. The lowest BCUT2D eigenvalue weighted by atomic mass is 10.2. The molecule has 1 fully saturated rings. The minimum Gasteiger partial charge on any atom is -0.354 e. The van der Waals surface area contributed by atoms with E-state index in [4.69, 9.17) is 4.99 Å². The van der Waals surface area contributed by atoms with E-state index in [1.54, 1.807) is 0 Å². The van der Waals surface area contributed by atoms with Crippen LogP contribution in [0, 0.1) is 0 Å². The molecule has 0 N–H and O–H groups in total. The van der Waals surface area contributed by atoms with Crippen LogP contribution in [0.5, 0.6) is 0 Å². The summed E-state index contributed by atoms with van der Waals surface area (Å²) in [5.41, 5.74) is 0. The van der Waals surface area contributed by atoms with E-state index in [2.05, 4.69) is 45.2 Å². The number of benzene rings is 1. The van der Waals surface area contributed by atoms with Crippen molar-refractivity contribution in [1.29, 1.82) is 0 Å². The zero-order valence-corrected chi connectivity index (χ0v) is 9.31. The number of hydrogen-bond donors (Lipinski definition) is 0. The Morgan fingerprint density at radius 1 is 1.36 bits per heavy atom. The van der Waals surface area contributed by atoms with E-state index in [-0.39, 0.29) is 0 Å². The molecular formula is C11H11BrN2. The average Bonchev–Trinajstić information content (AvgIpc) is 2.53. The minimum atomic E-state index is 0.356. The van der Waals surface area contributed by atoms with Crippen LogP contribution in [0.2, 0.25) is 0 Å². The van der Waals surface area contributed by atoms with Gasteiger partial charge in [0.25, 0.3) is 0 Å². The Morgan fingerprint density at radius 2 is 2.21 bits per heavy atom. The molecule has 0 spiro atoms. The number of fused-ring (bicyclic) bond motifs is 2. The zero-order chi connectivity index (χ0) is 9.54. The predicted molar refractivity (Wildman–Crippen MR) is 59.5 cm³/mol. The van der Waals surface area contributed by atoms with Crippen LogP contribution < -0.4 is 10.6 Å². The van der Waals surface area contributed by atoms with Gasteiger partial charge in [-0.3, -0.25) is 4.99 Å². The number of para-hydroxylation sites is 1. The molecule has 0 aromatic heterocycles. The van der Waals surface area contributed by atoms with Gasteiger partial charge in [-0.2, -0.15) is 0 Å². The second-order valence-electron chi connectivity index (χ2n) is 3.83. The Labute approximate surface area is 91.1 Å². The Bertz CT molecular complexity index is 425. The Morgan fingerprint density at radius 3 is 3.14 bits per heavy atom. The molecule has 1 saturated heterocycles. The normalized spacial score (nSPS) is 28.8. The Kier molecular flexibility index (Phi) is 1.87. The molecule has 2 aliphatic rings. The highest BCUT2D eigenvalue weighted by atomic mass is 79.9.